The minimum atomic E-state index is -2.93. The van der Waals surface area contributed by atoms with Crippen LogP contribution < -0.4 is 10.9 Å². The van der Waals surface area contributed by atoms with Crippen molar-refractivity contribution in [2.24, 2.45) is 0 Å². The molecule has 1 fully saturated rings. The van der Waals surface area contributed by atoms with Crippen LogP contribution in [0.1, 0.15) is 18.4 Å². The van der Waals surface area contributed by atoms with Crippen molar-refractivity contribution in [1.82, 2.24) is 10.3 Å². The van der Waals surface area contributed by atoms with Gasteiger partial charge in [0, 0.05) is 24.2 Å². The minimum Gasteiger partial charge on any atom is -0.322 e. The normalized spacial score (nSPS) is 20.9. The molecule has 0 amide bonds. The van der Waals surface area contributed by atoms with Gasteiger partial charge in [0.2, 0.25) is 0 Å². The number of benzene rings is 1. The van der Waals surface area contributed by atoms with Gasteiger partial charge in [-0.15, -0.1) is 0 Å². The van der Waals surface area contributed by atoms with Crippen molar-refractivity contribution in [1.29, 1.82) is 0 Å². The fraction of sp³-hybridized carbons (Fsp3) is 0.400. The molecule has 0 aliphatic carbocycles. The molecule has 1 aromatic carbocycles. The van der Waals surface area contributed by atoms with Gasteiger partial charge in [-0.2, -0.15) is 0 Å². The molecule has 1 atom stereocenters. The summed E-state index contributed by atoms with van der Waals surface area (Å²) in [5, 5.41) is 3.77. The summed E-state index contributed by atoms with van der Waals surface area (Å²) in [5.41, 5.74) is 1.31. The maximum absolute atomic E-state index is 12.0. The SMILES string of the molecule is O=c1[nH]c2ccccc2cc1CNC[C@@H]1CCCS1(=O)=O. The first-order valence-corrected chi connectivity index (χ1v) is 8.81. The van der Waals surface area contributed by atoms with Crippen molar-refractivity contribution in [2.75, 3.05) is 12.3 Å². The average Bonchev–Trinajstić information content (AvgIpc) is 2.78. The third-order valence-corrected chi connectivity index (χ3v) is 6.26. The van der Waals surface area contributed by atoms with Gasteiger partial charge in [0.1, 0.15) is 0 Å². The van der Waals surface area contributed by atoms with Gasteiger partial charge in [0.05, 0.1) is 11.0 Å². The summed E-state index contributed by atoms with van der Waals surface area (Å²) >= 11 is 0. The first-order chi connectivity index (χ1) is 10.1. The van der Waals surface area contributed by atoms with Gasteiger partial charge in [-0.3, -0.25) is 4.79 Å². The van der Waals surface area contributed by atoms with Crippen LogP contribution in [0.3, 0.4) is 0 Å². The molecule has 2 N–H and O–H groups in total. The van der Waals surface area contributed by atoms with E-state index in [2.05, 4.69) is 10.3 Å². The first-order valence-electron chi connectivity index (χ1n) is 7.09. The predicted octanol–water partition coefficient (Wildman–Crippen LogP) is 1.19. The number of H-pyrrole nitrogens is 1. The lowest BCUT2D eigenvalue weighted by Gasteiger charge is -2.10. The molecular weight excluding hydrogens is 288 g/mol. The average molecular weight is 306 g/mol. The highest BCUT2D eigenvalue weighted by molar-refractivity contribution is 7.92. The van der Waals surface area contributed by atoms with Crippen LogP contribution >= 0.6 is 0 Å². The minimum absolute atomic E-state index is 0.129. The molecule has 0 saturated carbocycles. The first kappa shape index (κ1) is 14.3. The van der Waals surface area contributed by atoms with E-state index in [1.165, 1.54) is 0 Å². The lowest BCUT2D eigenvalue weighted by atomic mass is 10.1. The number of hydrogen-bond acceptors (Lipinski definition) is 4. The van der Waals surface area contributed by atoms with Gasteiger partial charge in [-0.1, -0.05) is 18.2 Å². The summed E-state index contributed by atoms with van der Waals surface area (Å²) in [6, 6.07) is 9.45. The van der Waals surface area contributed by atoms with Gasteiger partial charge in [-0.25, -0.2) is 8.42 Å². The molecule has 3 rings (SSSR count). The zero-order chi connectivity index (χ0) is 14.9. The highest BCUT2D eigenvalue weighted by Crippen LogP contribution is 2.19. The molecule has 2 aromatic rings. The van der Waals surface area contributed by atoms with Crippen LogP contribution in [-0.2, 0) is 16.4 Å². The second-order valence-electron chi connectivity index (χ2n) is 5.47. The van der Waals surface area contributed by atoms with Gasteiger partial charge in [0.25, 0.3) is 5.56 Å². The molecule has 112 valence electrons. The number of pyridine rings is 1. The van der Waals surface area contributed by atoms with Crippen molar-refractivity contribution in [3.63, 3.8) is 0 Å². The maximum Gasteiger partial charge on any atom is 0.252 e. The number of nitrogens with one attached hydrogen (secondary N) is 2. The van der Waals surface area contributed by atoms with E-state index in [9.17, 15) is 13.2 Å². The Bertz CT molecular complexity index is 811. The maximum atomic E-state index is 12.0. The highest BCUT2D eigenvalue weighted by atomic mass is 32.2. The van der Waals surface area contributed by atoms with E-state index in [1.54, 1.807) is 0 Å². The molecule has 0 spiro atoms. The second-order valence-corrected chi connectivity index (χ2v) is 7.87. The molecule has 21 heavy (non-hydrogen) atoms. The Labute approximate surface area is 123 Å². The van der Waals surface area contributed by atoms with Gasteiger partial charge >= 0.3 is 0 Å². The number of rotatable bonds is 4. The van der Waals surface area contributed by atoms with Crippen LogP contribution in [0, 0.1) is 0 Å². The third-order valence-electron chi connectivity index (χ3n) is 3.98. The van der Waals surface area contributed by atoms with E-state index >= 15 is 0 Å². The quantitative estimate of drug-likeness (QED) is 0.889. The van der Waals surface area contributed by atoms with Crippen LogP contribution in [0.5, 0.6) is 0 Å². The van der Waals surface area contributed by atoms with E-state index in [-0.39, 0.29) is 16.6 Å². The van der Waals surface area contributed by atoms with Crippen LogP contribution in [-0.4, -0.2) is 30.9 Å². The molecule has 0 unspecified atom stereocenters. The zero-order valence-corrected chi connectivity index (χ0v) is 12.4. The number of fused-ring (bicyclic) bond motifs is 1. The molecule has 0 radical (unpaired) electrons. The molecule has 1 aromatic heterocycles. The zero-order valence-electron chi connectivity index (χ0n) is 11.6. The Hall–Kier alpha value is -1.66. The predicted molar refractivity (Wildman–Crippen MR) is 83.1 cm³/mol. The number of aromatic nitrogens is 1. The number of sulfone groups is 1. The van der Waals surface area contributed by atoms with Crippen molar-refractivity contribution >= 4 is 20.7 Å². The summed E-state index contributed by atoms with van der Waals surface area (Å²) in [6.07, 6.45) is 1.45. The molecule has 1 saturated heterocycles. The standard InChI is InChI=1S/C15H18N2O3S/c18-15-12(8-11-4-1-2-6-14(11)17-15)9-16-10-13-5-3-7-21(13,19)20/h1-2,4,6,8,13,16H,3,5,7,9-10H2,(H,17,18)/t13-/m0/s1. The highest BCUT2D eigenvalue weighted by Gasteiger charge is 2.30. The van der Waals surface area contributed by atoms with Crippen molar-refractivity contribution < 1.29 is 8.42 Å². The molecule has 6 heteroatoms. The second kappa shape index (κ2) is 5.61. The number of para-hydroxylation sites is 1. The number of hydrogen-bond donors (Lipinski definition) is 2. The molecule has 1 aliphatic heterocycles. The van der Waals surface area contributed by atoms with Crippen molar-refractivity contribution in [2.45, 2.75) is 24.6 Å². The monoisotopic (exact) mass is 306 g/mol. The summed E-state index contributed by atoms with van der Waals surface area (Å²) in [4.78, 5) is 14.8. The Morgan fingerprint density at radius 2 is 2.10 bits per heavy atom. The van der Waals surface area contributed by atoms with Crippen molar-refractivity contribution in [3.8, 4) is 0 Å². The molecule has 1 aliphatic rings. The van der Waals surface area contributed by atoms with E-state index < -0.39 is 9.84 Å². The Morgan fingerprint density at radius 3 is 2.86 bits per heavy atom. The lowest BCUT2D eigenvalue weighted by molar-refractivity contribution is 0.573. The smallest absolute Gasteiger partial charge is 0.252 e. The van der Waals surface area contributed by atoms with Crippen LogP contribution in [0.4, 0.5) is 0 Å². The Kier molecular flexibility index (Phi) is 3.82. The van der Waals surface area contributed by atoms with Crippen LogP contribution in [0.15, 0.2) is 35.1 Å². The Morgan fingerprint density at radius 1 is 1.29 bits per heavy atom. The lowest BCUT2D eigenvalue weighted by Crippen LogP contribution is -2.31. The van der Waals surface area contributed by atoms with E-state index in [4.69, 9.17) is 0 Å². The van der Waals surface area contributed by atoms with Gasteiger partial charge in [0.15, 0.2) is 9.84 Å². The van der Waals surface area contributed by atoms with Crippen molar-refractivity contribution in [3.05, 3.63) is 46.2 Å². The fourth-order valence-electron chi connectivity index (χ4n) is 2.78. The summed E-state index contributed by atoms with van der Waals surface area (Å²) < 4.78 is 23.5. The summed E-state index contributed by atoms with van der Waals surface area (Å²) in [7, 11) is -2.93. The molecular formula is C15H18N2O3S. The summed E-state index contributed by atoms with van der Waals surface area (Å²) in [5.74, 6) is 0.288. The van der Waals surface area contributed by atoms with Gasteiger partial charge in [-0.05, 0) is 30.4 Å². The van der Waals surface area contributed by atoms with E-state index in [0.717, 1.165) is 17.3 Å². The van der Waals surface area contributed by atoms with Crippen LogP contribution in [0.25, 0.3) is 10.9 Å². The van der Waals surface area contributed by atoms with E-state index in [0.29, 0.717) is 25.1 Å². The fourth-order valence-corrected chi connectivity index (χ4v) is 4.58. The number of aromatic amines is 1. The van der Waals surface area contributed by atoms with E-state index in [1.807, 2.05) is 30.3 Å². The molecule has 5 nitrogen and oxygen atoms in total. The van der Waals surface area contributed by atoms with Crippen LogP contribution in [0.2, 0.25) is 0 Å². The van der Waals surface area contributed by atoms with Gasteiger partial charge < -0.3 is 10.3 Å². The molecule has 0 bridgehead atoms. The largest absolute Gasteiger partial charge is 0.322 e. The summed E-state index contributed by atoms with van der Waals surface area (Å²) in [6.45, 7) is 0.792. The Balaban J connectivity index is 1.71. The topological polar surface area (TPSA) is 79.0 Å². The molecule has 2 heterocycles. The third kappa shape index (κ3) is 3.01.